The summed E-state index contributed by atoms with van der Waals surface area (Å²) >= 11 is 0. The Kier molecular flexibility index (Phi) is 5.81. The van der Waals surface area contributed by atoms with Gasteiger partial charge < -0.3 is 9.64 Å². The minimum Gasteiger partial charge on any atom is -0.496 e. The van der Waals surface area contributed by atoms with Crippen molar-refractivity contribution >= 4 is 22.5 Å². The predicted molar refractivity (Wildman–Crippen MR) is 118 cm³/mol. The molecule has 0 atom stereocenters. The molecule has 1 amide bonds. The van der Waals surface area contributed by atoms with Crippen LogP contribution in [0.4, 0.5) is 0 Å². The fraction of sp³-hybridized carbons (Fsp3) is 0.280. The topological polar surface area (TPSA) is 49.9 Å². The van der Waals surface area contributed by atoms with Crippen molar-refractivity contribution in [2.24, 2.45) is 0 Å². The van der Waals surface area contributed by atoms with Gasteiger partial charge in [0.05, 0.1) is 7.11 Å². The molecule has 1 aliphatic heterocycles. The number of carbonyl (C=O) groups is 2. The number of fused-ring (bicyclic) bond motifs is 1. The van der Waals surface area contributed by atoms with Crippen LogP contribution in [0.25, 0.3) is 10.8 Å². The lowest BCUT2D eigenvalue weighted by molar-refractivity contribution is 0.0629. The Morgan fingerprint density at radius 2 is 1.67 bits per heavy atom. The van der Waals surface area contributed by atoms with Gasteiger partial charge in [0.1, 0.15) is 5.75 Å². The third-order valence-corrected chi connectivity index (χ3v) is 5.76. The minimum absolute atomic E-state index is 0.0457. The highest BCUT2D eigenvalue weighted by atomic mass is 16.5. The van der Waals surface area contributed by atoms with Gasteiger partial charge in [-0.1, -0.05) is 36.4 Å². The van der Waals surface area contributed by atoms with Crippen LogP contribution in [0.15, 0.2) is 60.7 Å². The first-order valence-electron chi connectivity index (χ1n) is 10.2. The molecule has 1 fully saturated rings. The Labute approximate surface area is 176 Å². The highest BCUT2D eigenvalue weighted by Gasteiger charge is 2.24. The number of carbonyl (C=O) groups excluding carboxylic acids is 2. The molecule has 5 nitrogen and oxygen atoms in total. The summed E-state index contributed by atoms with van der Waals surface area (Å²) in [6.45, 7) is 5.19. The number of rotatable bonds is 5. The molecule has 0 radical (unpaired) electrons. The zero-order chi connectivity index (χ0) is 21.1. The second kappa shape index (κ2) is 8.67. The van der Waals surface area contributed by atoms with E-state index in [0.717, 1.165) is 40.7 Å². The predicted octanol–water partition coefficient (Wildman–Crippen LogP) is 4.01. The number of hydrogen-bond acceptors (Lipinski definition) is 4. The zero-order valence-corrected chi connectivity index (χ0v) is 17.4. The lowest BCUT2D eigenvalue weighted by Crippen LogP contribution is -2.48. The summed E-state index contributed by atoms with van der Waals surface area (Å²) in [4.78, 5) is 29.1. The van der Waals surface area contributed by atoms with E-state index >= 15 is 0 Å². The molecule has 0 bridgehead atoms. The molecule has 1 heterocycles. The van der Waals surface area contributed by atoms with Crippen LogP contribution in [0.1, 0.15) is 33.2 Å². The Balaban J connectivity index is 1.45. The number of ether oxygens (including phenoxy) is 1. The second-order valence-corrected chi connectivity index (χ2v) is 7.68. The van der Waals surface area contributed by atoms with Gasteiger partial charge in [0.15, 0.2) is 5.78 Å². The molecule has 0 saturated carbocycles. The third kappa shape index (κ3) is 4.07. The maximum absolute atomic E-state index is 13.1. The molecular formula is C25H26N2O3. The SMILES string of the molecule is COc1ccc(C(C)=O)cc1CN1CCN(C(=O)c2cccc3ccccc23)CC1. The van der Waals surface area contributed by atoms with E-state index in [1.165, 1.54) is 0 Å². The monoisotopic (exact) mass is 402 g/mol. The van der Waals surface area contributed by atoms with Crippen LogP contribution in [-0.2, 0) is 6.54 Å². The fourth-order valence-electron chi connectivity index (χ4n) is 4.05. The van der Waals surface area contributed by atoms with Gasteiger partial charge in [-0.3, -0.25) is 14.5 Å². The van der Waals surface area contributed by atoms with Crippen molar-refractivity contribution in [1.82, 2.24) is 9.80 Å². The van der Waals surface area contributed by atoms with Crippen LogP contribution >= 0.6 is 0 Å². The number of nitrogens with zero attached hydrogens (tertiary/aromatic N) is 2. The Morgan fingerprint density at radius 3 is 2.40 bits per heavy atom. The number of Topliss-reactive ketones (excluding diaryl/α,β-unsaturated/α-hetero) is 1. The van der Waals surface area contributed by atoms with Gasteiger partial charge in [0.25, 0.3) is 5.91 Å². The molecule has 3 aromatic rings. The number of benzene rings is 3. The van der Waals surface area contributed by atoms with Crippen molar-refractivity contribution in [3.05, 3.63) is 77.4 Å². The number of ketones is 1. The minimum atomic E-state index is 0.0457. The van der Waals surface area contributed by atoms with Gasteiger partial charge in [-0.05, 0) is 42.0 Å². The highest BCUT2D eigenvalue weighted by Crippen LogP contribution is 2.24. The molecule has 3 aromatic carbocycles. The molecule has 154 valence electrons. The molecule has 0 N–H and O–H groups in total. The van der Waals surface area contributed by atoms with E-state index in [-0.39, 0.29) is 11.7 Å². The first-order chi connectivity index (χ1) is 14.6. The van der Waals surface area contributed by atoms with Crippen molar-refractivity contribution in [3.63, 3.8) is 0 Å². The smallest absolute Gasteiger partial charge is 0.254 e. The Hall–Kier alpha value is -3.18. The summed E-state index contributed by atoms with van der Waals surface area (Å²) < 4.78 is 5.48. The molecule has 4 rings (SSSR count). The average Bonchev–Trinajstić information content (AvgIpc) is 2.78. The molecular weight excluding hydrogens is 376 g/mol. The second-order valence-electron chi connectivity index (χ2n) is 7.68. The highest BCUT2D eigenvalue weighted by molar-refractivity contribution is 6.07. The lowest BCUT2D eigenvalue weighted by Gasteiger charge is -2.35. The van der Waals surface area contributed by atoms with Crippen molar-refractivity contribution in [1.29, 1.82) is 0 Å². The van der Waals surface area contributed by atoms with E-state index in [2.05, 4.69) is 4.90 Å². The first-order valence-corrected chi connectivity index (χ1v) is 10.2. The van der Waals surface area contributed by atoms with Crippen LogP contribution in [0.3, 0.4) is 0 Å². The van der Waals surface area contributed by atoms with Crippen LogP contribution in [0.5, 0.6) is 5.75 Å². The fourth-order valence-corrected chi connectivity index (χ4v) is 4.05. The molecule has 1 saturated heterocycles. The van der Waals surface area contributed by atoms with Gasteiger partial charge in [0, 0.05) is 49.4 Å². The van der Waals surface area contributed by atoms with E-state index < -0.39 is 0 Å². The van der Waals surface area contributed by atoms with Gasteiger partial charge in [-0.25, -0.2) is 0 Å². The van der Waals surface area contributed by atoms with Crippen LogP contribution in [0, 0.1) is 0 Å². The van der Waals surface area contributed by atoms with Crippen molar-refractivity contribution in [2.75, 3.05) is 33.3 Å². The lowest BCUT2D eigenvalue weighted by atomic mass is 10.0. The Morgan fingerprint density at radius 1 is 0.933 bits per heavy atom. The molecule has 0 aromatic heterocycles. The largest absolute Gasteiger partial charge is 0.496 e. The number of piperazine rings is 1. The summed E-state index contributed by atoms with van der Waals surface area (Å²) in [5, 5.41) is 2.08. The summed E-state index contributed by atoms with van der Waals surface area (Å²) in [6, 6.07) is 19.5. The maximum Gasteiger partial charge on any atom is 0.254 e. The molecule has 5 heteroatoms. The molecule has 30 heavy (non-hydrogen) atoms. The quantitative estimate of drug-likeness (QED) is 0.605. The number of hydrogen-bond donors (Lipinski definition) is 0. The summed E-state index contributed by atoms with van der Waals surface area (Å²) in [7, 11) is 1.65. The van der Waals surface area contributed by atoms with Crippen molar-refractivity contribution in [3.8, 4) is 5.75 Å². The van der Waals surface area contributed by atoms with Crippen molar-refractivity contribution in [2.45, 2.75) is 13.5 Å². The van der Waals surface area contributed by atoms with E-state index in [4.69, 9.17) is 4.74 Å². The summed E-state index contributed by atoms with van der Waals surface area (Å²) in [5.74, 6) is 0.918. The summed E-state index contributed by atoms with van der Waals surface area (Å²) in [6.07, 6.45) is 0. The zero-order valence-electron chi connectivity index (χ0n) is 17.4. The molecule has 0 unspecified atom stereocenters. The Bertz CT molecular complexity index is 1080. The first kappa shape index (κ1) is 20.1. The van der Waals surface area contributed by atoms with Crippen LogP contribution in [-0.4, -0.2) is 54.8 Å². The van der Waals surface area contributed by atoms with Crippen LogP contribution in [0.2, 0.25) is 0 Å². The number of amides is 1. The van der Waals surface area contributed by atoms with E-state index in [1.54, 1.807) is 20.1 Å². The van der Waals surface area contributed by atoms with Gasteiger partial charge in [-0.2, -0.15) is 0 Å². The number of methoxy groups -OCH3 is 1. The van der Waals surface area contributed by atoms with Gasteiger partial charge >= 0.3 is 0 Å². The van der Waals surface area contributed by atoms with Gasteiger partial charge in [-0.15, -0.1) is 0 Å². The van der Waals surface area contributed by atoms with Crippen LogP contribution < -0.4 is 4.74 Å². The average molecular weight is 402 g/mol. The maximum atomic E-state index is 13.1. The third-order valence-electron chi connectivity index (χ3n) is 5.76. The molecule has 0 aliphatic carbocycles. The normalized spacial score (nSPS) is 14.7. The van der Waals surface area contributed by atoms with E-state index in [0.29, 0.717) is 25.2 Å². The van der Waals surface area contributed by atoms with E-state index in [9.17, 15) is 9.59 Å². The van der Waals surface area contributed by atoms with E-state index in [1.807, 2.05) is 59.5 Å². The van der Waals surface area contributed by atoms with Crippen molar-refractivity contribution < 1.29 is 14.3 Å². The van der Waals surface area contributed by atoms with Gasteiger partial charge in [0.2, 0.25) is 0 Å². The molecule has 1 aliphatic rings. The summed E-state index contributed by atoms with van der Waals surface area (Å²) in [5.41, 5.74) is 2.45. The molecule has 0 spiro atoms. The standard InChI is InChI=1S/C25H26N2O3/c1-18(28)20-10-11-24(30-2)21(16-20)17-26-12-14-27(15-13-26)25(29)23-9-5-7-19-6-3-4-8-22(19)23/h3-11,16H,12-15,17H2,1-2H3.